The maximum absolute atomic E-state index is 13.5. The molecule has 2 aromatic heterocycles. The first-order chi connectivity index (χ1) is 12.1. The number of pyridine rings is 1. The second kappa shape index (κ2) is 7.12. The molecule has 1 N–H and O–H groups in total. The zero-order chi connectivity index (χ0) is 17.8. The lowest BCUT2D eigenvalue weighted by atomic mass is 10.2. The van der Waals surface area contributed by atoms with Crippen LogP contribution in [0.15, 0.2) is 41.1 Å². The maximum Gasteiger partial charge on any atom is 0.254 e. The average molecular weight is 348 g/mol. The lowest BCUT2D eigenvalue weighted by Gasteiger charge is -2.05. The molecule has 0 aliphatic heterocycles. The zero-order valence-electron chi connectivity index (χ0n) is 12.7. The molecule has 6 nitrogen and oxygen atoms in total. The van der Waals surface area contributed by atoms with Crippen molar-refractivity contribution in [2.24, 2.45) is 0 Å². The van der Waals surface area contributed by atoms with E-state index in [-0.39, 0.29) is 24.7 Å². The molecule has 0 atom stereocenters. The van der Waals surface area contributed by atoms with Crippen molar-refractivity contribution in [2.75, 3.05) is 6.54 Å². The fourth-order valence-electron chi connectivity index (χ4n) is 2.04. The summed E-state index contributed by atoms with van der Waals surface area (Å²) in [5.41, 5.74) is 0.0645. The number of nitrogens with zero attached hydrogens (tertiary/aromatic N) is 3. The molecule has 0 saturated heterocycles. The molecule has 3 rings (SSSR count). The van der Waals surface area contributed by atoms with Crippen LogP contribution in [0.2, 0.25) is 0 Å². The number of aromatic nitrogens is 3. The van der Waals surface area contributed by atoms with Crippen molar-refractivity contribution < 1.29 is 22.4 Å². The number of carbonyl (C=O) groups is 1. The van der Waals surface area contributed by atoms with Gasteiger partial charge in [-0.2, -0.15) is 0 Å². The van der Waals surface area contributed by atoms with Gasteiger partial charge in [0.05, 0.1) is 11.1 Å². The Morgan fingerprint density at radius 1 is 1.12 bits per heavy atom. The van der Waals surface area contributed by atoms with Crippen molar-refractivity contribution in [1.82, 2.24) is 20.5 Å². The third-order valence-electron chi connectivity index (χ3n) is 3.28. The molecule has 0 bridgehead atoms. The summed E-state index contributed by atoms with van der Waals surface area (Å²) in [6, 6.07) is 5.02. The van der Waals surface area contributed by atoms with E-state index in [1.807, 2.05) is 0 Å². The molecule has 0 aliphatic rings. The van der Waals surface area contributed by atoms with E-state index in [4.69, 9.17) is 4.42 Å². The summed E-state index contributed by atoms with van der Waals surface area (Å²) < 4.78 is 44.9. The first-order valence-corrected chi connectivity index (χ1v) is 7.20. The van der Waals surface area contributed by atoms with Gasteiger partial charge in [-0.3, -0.25) is 9.78 Å². The van der Waals surface area contributed by atoms with Crippen molar-refractivity contribution in [3.63, 3.8) is 0 Å². The standard InChI is InChI=1S/C16H11F3N4O2/c17-11-4-3-10(13(18)14(11)19)15(24)21-7-5-12-22-23-16(25-12)9-2-1-6-20-8-9/h1-4,6,8H,5,7H2,(H,21,24). The van der Waals surface area contributed by atoms with E-state index >= 15 is 0 Å². The highest BCUT2D eigenvalue weighted by Crippen LogP contribution is 2.16. The summed E-state index contributed by atoms with van der Waals surface area (Å²) in [6.45, 7) is 0.0476. The molecule has 1 amide bonds. The smallest absolute Gasteiger partial charge is 0.254 e. The van der Waals surface area contributed by atoms with Gasteiger partial charge in [-0.25, -0.2) is 13.2 Å². The Bertz CT molecular complexity index is 900. The average Bonchev–Trinajstić information content (AvgIpc) is 3.09. The molecule has 2 heterocycles. The minimum absolute atomic E-state index is 0.0476. The quantitative estimate of drug-likeness (QED) is 0.717. The number of benzene rings is 1. The van der Waals surface area contributed by atoms with Crippen LogP contribution >= 0.6 is 0 Å². The maximum atomic E-state index is 13.5. The highest BCUT2D eigenvalue weighted by Gasteiger charge is 2.18. The van der Waals surface area contributed by atoms with Gasteiger partial charge < -0.3 is 9.73 Å². The number of nitrogens with one attached hydrogen (secondary N) is 1. The summed E-state index contributed by atoms with van der Waals surface area (Å²) in [7, 11) is 0. The molecule has 0 saturated carbocycles. The van der Waals surface area contributed by atoms with Gasteiger partial charge in [-0.1, -0.05) is 0 Å². The number of halogens is 3. The third kappa shape index (κ3) is 3.65. The van der Waals surface area contributed by atoms with Crippen LogP contribution in [0.5, 0.6) is 0 Å². The lowest BCUT2D eigenvalue weighted by molar-refractivity contribution is 0.0948. The normalized spacial score (nSPS) is 10.7. The van der Waals surface area contributed by atoms with E-state index in [0.29, 0.717) is 11.6 Å². The topological polar surface area (TPSA) is 80.9 Å². The van der Waals surface area contributed by atoms with E-state index < -0.39 is 28.9 Å². The summed E-state index contributed by atoms with van der Waals surface area (Å²) >= 11 is 0. The van der Waals surface area contributed by atoms with Crippen molar-refractivity contribution in [3.8, 4) is 11.5 Å². The summed E-state index contributed by atoms with van der Waals surface area (Å²) in [6.07, 6.45) is 3.35. The fraction of sp³-hybridized carbons (Fsp3) is 0.125. The van der Waals surface area contributed by atoms with Crippen molar-refractivity contribution in [3.05, 3.63) is 65.6 Å². The van der Waals surface area contributed by atoms with Crippen LogP contribution in [0.3, 0.4) is 0 Å². The minimum Gasteiger partial charge on any atom is -0.421 e. The Labute approximate surface area is 139 Å². The molecule has 9 heteroatoms. The van der Waals surface area contributed by atoms with Gasteiger partial charge >= 0.3 is 0 Å². The highest BCUT2D eigenvalue weighted by atomic mass is 19.2. The summed E-state index contributed by atoms with van der Waals surface area (Å²) in [5.74, 6) is -4.92. The molecule has 0 aliphatic carbocycles. The van der Waals surface area contributed by atoms with E-state index in [2.05, 4.69) is 20.5 Å². The van der Waals surface area contributed by atoms with Crippen LogP contribution in [0.1, 0.15) is 16.2 Å². The van der Waals surface area contributed by atoms with Gasteiger partial charge in [0.1, 0.15) is 0 Å². The van der Waals surface area contributed by atoms with E-state index in [0.717, 1.165) is 6.07 Å². The molecule has 0 fully saturated rings. The monoisotopic (exact) mass is 348 g/mol. The molecule has 0 spiro atoms. The van der Waals surface area contributed by atoms with Gasteiger partial charge in [0, 0.05) is 25.4 Å². The number of amides is 1. The van der Waals surface area contributed by atoms with Crippen molar-refractivity contribution >= 4 is 5.91 Å². The Morgan fingerprint density at radius 2 is 1.96 bits per heavy atom. The third-order valence-corrected chi connectivity index (χ3v) is 3.28. The van der Waals surface area contributed by atoms with Gasteiger partial charge in [0.2, 0.25) is 11.8 Å². The SMILES string of the molecule is O=C(NCCc1nnc(-c2cccnc2)o1)c1ccc(F)c(F)c1F. The van der Waals surface area contributed by atoms with Crippen molar-refractivity contribution in [1.29, 1.82) is 0 Å². The Balaban J connectivity index is 1.59. The molecule has 0 radical (unpaired) electrons. The van der Waals surface area contributed by atoms with Gasteiger partial charge in [-0.05, 0) is 24.3 Å². The number of rotatable bonds is 5. The van der Waals surface area contributed by atoms with E-state index in [9.17, 15) is 18.0 Å². The second-order valence-electron chi connectivity index (χ2n) is 4.97. The van der Waals surface area contributed by atoms with Gasteiger partial charge in [0.25, 0.3) is 5.91 Å². The molecule has 0 unspecified atom stereocenters. The molecular formula is C16H11F3N4O2. The number of hydrogen-bond donors (Lipinski definition) is 1. The molecule has 3 aromatic rings. The Kier molecular flexibility index (Phi) is 4.73. The van der Waals surface area contributed by atoms with Crippen LogP contribution in [0, 0.1) is 17.5 Å². The zero-order valence-corrected chi connectivity index (χ0v) is 12.7. The van der Waals surface area contributed by atoms with Crippen LogP contribution in [0.4, 0.5) is 13.2 Å². The van der Waals surface area contributed by atoms with Crippen LogP contribution in [-0.2, 0) is 6.42 Å². The molecule has 128 valence electrons. The number of hydrogen-bond acceptors (Lipinski definition) is 5. The summed E-state index contributed by atoms with van der Waals surface area (Å²) in [4.78, 5) is 15.8. The highest BCUT2D eigenvalue weighted by molar-refractivity contribution is 5.94. The van der Waals surface area contributed by atoms with E-state index in [1.165, 1.54) is 0 Å². The van der Waals surface area contributed by atoms with Gasteiger partial charge in [-0.15, -0.1) is 10.2 Å². The largest absolute Gasteiger partial charge is 0.421 e. The fourth-order valence-corrected chi connectivity index (χ4v) is 2.04. The predicted molar refractivity (Wildman–Crippen MR) is 79.9 cm³/mol. The lowest BCUT2D eigenvalue weighted by Crippen LogP contribution is -2.27. The molecular weight excluding hydrogens is 337 g/mol. The van der Waals surface area contributed by atoms with Crippen LogP contribution in [-0.4, -0.2) is 27.6 Å². The Morgan fingerprint density at radius 3 is 2.72 bits per heavy atom. The molecule has 25 heavy (non-hydrogen) atoms. The second-order valence-corrected chi connectivity index (χ2v) is 4.97. The number of carbonyl (C=O) groups excluding carboxylic acids is 1. The first kappa shape index (κ1) is 16.6. The van der Waals surface area contributed by atoms with E-state index in [1.54, 1.807) is 24.5 Å². The first-order valence-electron chi connectivity index (χ1n) is 7.20. The van der Waals surface area contributed by atoms with Crippen molar-refractivity contribution in [2.45, 2.75) is 6.42 Å². The summed E-state index contributed by atoms with van der Waals surface area (Å²) in [5, 5.41) is 10.1. The van der Waals surface area contributed by atoms with Crippen LogP contribution in [0.25, 0.3) is 11.5 Å². The van der Waals surface area contributed by atoms with Gasteiger partial charge in [0.15, 0.2) is 17.5 Å². The van der Waals surface area contributed by atoms with Crippen LogP contribution < -0.4 is 5.32 Å². The predicted octanol–water partition coefficient (Wildman–Crippen LogP) is 2.52. The Hall–Kier alpha value is -3.23. The minimum atomic E-state index is -1.69. The molecule has 1 aromatic carbocycles.